The summed E-state index contributed by atoms with van der Waals surface area (Å²) in [5, 5.41) is 4.36. The van der Waals surface area contributed by atoms with Crippen LogP contribution in [0.2, 0.25) is 0 Å². The van der Waals surface area contributed by atoms with E-state index in [2.05, 4.69) is 126 Å². The average Bonchev–Trinajstić information content (AvgIpc) is 3.83. The Bertz CT molecular complexity index is 3130. The molecule has 56 heavy (non-hydrogen) atoms. The van der Waals surface area contributed by atoms with Crippen molar-refractivity contribution in [3.05, 3.63) is 194 Å². The van der Waals surface area contributed by atoms with Crippen LogP contribution in [-0.4, -0.2) is 19.5 Å². The third-order valence-corrected chi connectivity index (χ3v) is 10.6. The monoisotopic (exact) mass is 716 g/mol. The van der Waals surface area contributed by atoms with Crippen LogP contribution < -0.4 is 0 Å². The molecule has 5 nitrogen and oxygen atoms in total. The van der Waals surface area contributed by atoms with Gasteiger partial charge in [0, 0.05) is 49.5 Å². The van der Waals surface area contributed by atoms with Gasteiger partial charge in [0.15, 0.2) is 17.5 Å². The number of aromatic nitrogens is 4. The van der Waals surface area contributed by atoms with Crippen LogP contribution in [0.15, 0.2) is 199 Å². The Morgan fingerprint density at radius 2 is 0.875 bits per heavy atom. The highest BCUT2D eigenvalue weighted by atomic mass is 16.3. The largest absolute Gasteiger partial charge is 0.455 e. The highest BCUT2D eigenvalue weighted by Gasteiger charge is 2.22. The Morgan fingerprint density at radius 1 is 0.357 bits per heavy atom. The van der Waals surface area contributed by atoms with Gasteiger partial charge in [0.25, 0.3) is 0 Å². The van der Waals surface area contributed by atoms with E-state index in [9.17, 15) is 0 Å². The maximum Gasteiger partial charge on any atom is 0.164 e. The predicted molar refractivity (Wildman–Crippen MR) is 229 cm³/mol. The van der Waals surface area contributed by atoms with Crippen LogP contribution in [-0.2, 0) is 0 Å². The van der Waals surface area contributed by atoms with E-state index in [1.807, 2.05) is 72.8 Å². The van der Waals surface area contributed by atoms with Crippen molar-refractivity contribution in [2.45, 2.75) is 0 Å². The summed E-state index contributed by atoms with van der Waals surface area (Å²) >= 11 is 0. The summed E-state index contributed by atoms with van der Waals surface area (Å²) in [6, 6.07) is 67.4. The molecule has 0 aliphatic carbocycles. The zero-order valence-electron chi connectivity index (χ0n) is 30.2. The van der Waals surface area contributed by atoms with Gasteiger partial charge >= 0.3 is 0 Å². The van der Waals surface area contributed by atoms with Gasteiger partial charge in [-0.3, -0.25) is 0 Å². The van der Waals surface area contributed by atoms with E-state index in [4.69, 9.17) is 19.4 Å². The molecule has 0 radical (unpaired) electrons. The van der Waals surface area contributed by atoms with E-state index >= 15 is 0 Å². The Labute approximate surface area is 322 Å². The molecule has 0 saturated carbocycles. The van der Waals surface area contributed by atoms with Crippen LogP contribution in [0.1, 0.15) is 0 Å². The van der Waals surface area contributed by atoms with Crippen molar-refractivity contribution in [1.82, 2.24) is 19.5 Å². The summed E-state index contributed by atoms with van der Waals surface area (Å²) in [5.74, 6) is 1.81. The molecule has 262 valence electrons. The lowest BCUT2D eigenvalue weighted by atomic mass is 9.96. The van der Waals surface area contributed by atoms with Crippen molar-refractivity contribution in [2.75, 3.05) is 0 Å². The highest BCUT2D eigenvalue weighted by molar-refractivity contribution is 6.16. The third kappa shape index (κ3) is 5.29. The Morgan fingerprint density at radius 3 is 1.52 bits per heavy atom. The van der Waals surface area contributed by atoms with Gasteiger partial charge in [-0.05, 0) is 53.1 Å². The molecule has 0 saturated heterocycles. The zero-order valence-corrected chi connectivity index (χ0v) is 30.2. The normalized spacial score (nSPS) is 11.6. The van der Waals surface area contributed by atoms with Crippen molar-refractivity contribution in [2.24, 2.45) is 0 Å². The lowest BCUT2D eigenvalue weighted by molar-refractivity contribution is 0.670. The van der Waals surface area contributed by atoms with Crippen molar-refractivity contribution in [1.29, 1.82) is 0 Å². The molecule has 11 aromatic rings. The van der Waals surface area contributed by atoms with Crippen molar-refractivity contribution >= 4 is 43.7 Å². The van der Waals surface area contributed by atoms with Gasteiger partial charge in [-0.2, -0.15) is 0 Å². The topological polar surface area (TPSA) is 56.7 Å². The summed E-state index contributed by atoms with van der Waals surface area (Å²) < 4.78 is 9.32. The van der Waals surface area contributed by atoms with Crippen molar-refractivity contribution in [3.8, 4) is 62.1 Å². The van der Waals surface area contributed by atoms with E-state index in [1.54, 1.807) is 0 Å². The quantitative estimate of drug-likeness (QED) is 0.172. The Balaban J connectivity index is 1.23. The van der Waals surface area contributed by atoms with Gasteiger partial charge in [-0.25, -0.2) is 15.0 Å². The number of para-hydroxylation sites is 2. The fourth-order valence-corrected chi connectivity index (χ4v) is 8.07. The molecule has 0 unspecified atom stereocenters. The maximum atomic E-state index is 6.94. The number of rotatable bonds is 6. The molecule has 3 aromatic heterocycles. The number of nitrogens with zero attached hydrogens (tertiary/aromatic N) is 4. The molecule has 0 spiro atoms. The van der Waals surface area contributed by atoms with E-state index in [0.29, 0.717) is 17.5 Å². The van der Waals surface area contributed by atoms with Crippen LogP contribution in [0, 0.1) is 0 Å². The highest BCUT2D eigenvalue weighted by Crippen LogP contribution is 2.44. The molecule has 5 heteroatoms. The summed E-state index contributed by atoms with van der Waals surface area (Å²) in [6.07, 6.45) is 0. The van der Waals surface area contributed by atoms with E-state index in [-0.39, 0.29) is 0 Å². The Hall–Kier alpha value is -7.63. The summed E-state index contributed by atoms with van der Waals surface area (Å²) in [4.78, 5) is 15.3. The molecule has 0 atom stereocenters. The fourth-order valence-electron chi connectivity index (χ4n) is 8.07. The van der Waals surface area contributed by atoms with Gasteiger partial charge in [0.05, 0.1) is 11.0 Å². The molecule has 0 fully saturated rings. The Kier molecular flexibility index (Phi) is 7.42. The number of hydrogen-bond donors (Lipinski definition) is 0. The minimum Gasteiger partial charge on any atom is -0.455 e. The van der Waals surface area contributed by atoms with Gasteiger partial charge in [-0.1, -0.05) is 158 Å². The molecule has 0 aliphatic heterocycles. The maximum absolute atomic E-state index is 6.94. The second kappa shape index (κ2) is 13.0. The summed E-state index contributed by atoms with van der Waals surface area (Å²) in [7, 11) is 0. The molecule has 3 heterocycles. The molecule has 0 N–H and O–H groups in total. The van der Waals surface area contributed by atoms with Crippen molar-refractivity contribution in [3.63, 3.8) is 0 Å². The van der Waals surface area contributed by atoms with Crippen LogP contribution in [0.4, 0.5) is 0 Å². The first-order chi connectivity index (χ1) is 27.8. The van der Waals surface area contributed by atoms with E-state index < -0.39 is 0 Å². The first-order valence-electron chi connectivity index (χ1n) is 18.8. The summed E-state index contributed by atoms with van der Waals surface area (Å²) in [6.45, 7) is 0. The fraction of sp³-hybridized carbons (Fsp3) is 0. The minimum absolute atomic E-state index is 0.584. The van der Waals surface area contributed by atoms with E-state index in [0.717, 1.165) is 77.6 Å². The molecular formula is C51H32N4O. The predicted octanol–water partition coefficient (Wildman–Crippen LogP) is 13.2. The number of furan rings is 1. The molecular weight excluding hydrogens is 685 g/mol. The van der Waals surface area contributed by atoms with Gasteiger partial charge < -0.3 is 8.98 Å². The zero-order chi connectivity index (χ0) is 37.0. The smallest absolute Gasteiger partial charge is 0.164 e. The van der Waals surface area contributed by atoms with Crippen LogP contribution in [0.3, 0.4) is 0 Å². The first kappa shape index (κ1) is 31.9. The van der Waals surface area contributed by atoms with Gasteiger partial charge in [-0.15, -0.1) is 0 Å². The molecule has 0 amide bonds. The summed E-state index contributed by atoms with van der Waals surface area (Å²) in [5.41, 5.74) is 12.0. The van der Waals surface area contributed by atoms with Gasteiger partial charge in [0.2, 0.25) is 0 Å². The molecule has 0 aliphatic rings. The van der Waals surface area contributed by atoms with Crippen molar-refractivity contribution < 1.29 is 4.42 Å². The van der Waals surface area contributed by atoms with E-state index in [1.165, 1.54) is 10.8 Å². The third-order valence-electron chi connectivity index (χ3n) is 10.6. The molecule has 11 rings (SSSR count). The SMILES string of the molecule is c1ccc(-c2cccc(-c3cc(-n4c5ccccc5c5ccccc54)cc4c3oc3cccc(-c5nc(-c6ccccc6)nc(-c6ccccc6)n5)c34)c2)cc1. The number of hydrogen-bond acceptors (Lipinski definition) is 4. The molecule has 0 bridgehead atoms. The van der Waals surface area contributed by atoms with Crippen LogP contribution >= 0.6 is 0 Å². The number of fused-ring (bicyclic) bond motifs is 6. The molecule has 8 aromatic carbocycles. The second-order valence-electron chi connectivity index (χ2n) is 14.0. The van der Waals surface area contributed by atoms with Gasteiger partial charge in [0.1, 0.15) is 11.2 Å². The minimum atomic E-state index is 0.584. The second-order valence-corrected chi connectivity index (χ2v) is 14.0. The number of benzene rings is 8. The van der Waals surface area contributed by atoms with Crippen LogP contribution in [0.5, 0.6) is 0 Å². The standard InChI is InChI=1S/C51H32N4O/c1-4-16-33(17-5-1)36-22-14-23-37(30-36)42-31-38(55-44-27-12-10-24-39(44)40-25-11-13-28-45(40)55)32-43-47-41(26-15-29-46(47)56-48(42)43)51-53-49(34-18-6-2-7-19-34)52-50(54-51)35-20-8-3-9-21-35/h1-32H. The first-order valence-corrected chi connectivity index (χ1v) is 18.8. The lowest BCUT2D eigenvalue weighted by Gasteiger charge is -2.13. The lowest BCUT2D eigenvalue weighted by Crippen LogP contribution is -2.00. The van der Waals surface area contributed by atoms with Crippen LogP contribution in [0.25, 0.3) is 106 Å². The average molecular weight is 717 g/mol.